The number of nitrogens with zero attached hydrogens (tertiary/aromatic N) is 1. The van der Waals surface area contributed by atoms with E-state index in [-0.39, 0.29) is 17.9 Å². The highest BCUT2D eigenvalue weighted by molar-refractivity contribution is 9.10. The number of nitrogens with one attached hydrogen (secondary N) is 1. The SMILES string of the molecule is CC(C)(C)C(CC(=O)O)Nc1ccc(Br)cc1C#N. The number of aliphatic carboxylic acids is 1. The van der Waals surface area contributed by atoms with Gasteiger partial charge in [-0.05, 0) is 23.6 Å². The Hall–Kier alpha value is -1.54. The molecule has 0 heterocycles. The number of carboxylic acid groups (broad SMARTS) is 1. The van der Waals surface area contributed by atoms with Crippen LogP contribution in [0.4, 0.5) is 5.69 Å². The summed E-state index contributed by atoms with van der Waals surface area (Å²) in [6, 6.07) is 7.17. The molecular formula is C14H17BrN2O2. The molecular weight excluding hydrogens is 308 g/mol. The van der Waals surface area contributed by atoms with Gasteiger partial charge in [-0.2, -0.15) is 5.26 Å². The normalized spacial score (nSPS) is 12.6. The predicted molar refractivity (Wildman–Crippen MR) is 78.0 cm³/mol. The first-order valence-electron chi connectivity index (χ1n) is 5.92. The van der Waals surface area contributed by atoms with Crippen LogP contribution in [0, 0.1) is 16.7 Å². The number of anilines is 1. The Balaban J connectivity index is 3.03. The Labute approximate surface area is 121 Å². The highest BCUT2D eigenvalue weighted by atomic mass is 79.9. The van der Waals surface area contributed by atoms with Crippen molar-refractivity contribution in [1.29, 1.82) is 5.26 Å². The molecule has 0 saturated carbocycles. The summed E-state index contributed by atoms with van der Waals surface area (Å²) in [7, 11) is 0. The molecule has 1 rings (SSSR count). The highest BCUT2D eigenvalue weighted by Crippen LogP contribution is 2.28. The number of carboxylic acids is 1. The van der Waals surface area contributed by atoms with Crippen molar-refractivity contribution in [3.63, 3.8) is 0 Å². The Morgan fingerprint density at radius 3 is 2.63 bits per heavy atom. The third-order valence-corrected chi connectivity index (χ3v) is 3.35. The Kier molecular flexibility index (Phi) is 4.96. The zero-order valence-corrected chi connectivity index (χ0v) is 12.8. The monoisotopic (exact) mass is 324 g/mol. The number of halogens is 1. The van der Waals surface area contributed by atoms with E-state index in [2.05, 4.69) is 27.3 Å². The van der Waals surface area contributed by atoms with E-state index in [0.717, 1.165) is 4.47 Å². The summed E-state index contributed by atoms with van der Waals surface area (Å²) in [4.78, 5) is 10.9. The van der Waals surface area contributed by atoms with Crippen LogP contribution in [0.2, 0.25) is 0 Å². The Bertz CT molecular complexity index is 515. The molecule has 0 radical (unpaired) electrons. The number of benzene rings is 1. The second kappa shape index (κ2) is 6.07. The summed E-state index contributed by atoms with van der Waals surface area (Å²) >= 11 is 3.31. The molecule has 0 amide bonds. The number of carbonyl (C=O) groups is 1. The fourth-order valence-electron chi connectivity index (χ4n) is 1.67. The van der Waals surface area contributed by atoms with Gasteiger partial charge < -0.3 is 10.4 Å². The van der Waals surface area contributed by atoms with E-state index in [9.17, 15) is 4.79 Å². The van der Waals surface area contributed by atoms with Crippen LogP contribution < -0.4 is 5.32 Å². The van der Waals surface area contributed by atoms with E-state index in [1.165, 1.54) is 0 Å². The first kappa shape index (κ1) is 15.5. The molecule has 1 atom stereocenters. The van der Waals surface area contributed by atoms with Gasteiger partial charge in [-0.1, -0.05) is 36.7 Å². The lowest BCUT2D eigenvalue weighted by Crippen LogP contribution is -2.36. The smallest absolute Gasteiger partial charge is 0.305 e. The molecule has 1 unspecified atom stereocenters. The molecule has 4 nitrogen and oxygen atoms in total. The third-order valence-electron chi connectivity index (χ3n) is 2.86. The zero-order valence-electron chi connectivity index (χ0n) is 11.2. The molecule has 0 spiro atoms. The Morgan fingerprint density at radius 1 is 1.53 bits per heavy atom. The van der Waals surface area contributed by atoms with Crippen molar-refractivity contribution in [2.45, 2.75) is 33.2 Å². The second-order valence-corrected chi connectivity index (χ2v) is 6.38. The summed E-state index contributed by atoms with van der Waals surface area (Å²) in [6.45, 7) is 5.91. The van der Waals surface area contributed by atoms with Crippen molar-refractivity contribution in [3.8, 4) is 6.07 Å². The van der Waals surface area contributed by atoms with Crippen LogP contribution in [-0.4, -0.2) is 17.1 Å². The lowest BCUT2D eigenvalue weighted by molar-refractivity contribution is -0.137. The first-order chi connectivity index (χ1) is 8.74. The van der Waals surface area contributed by atoms with Gasteiger partial charge in [-0.25, -0.2) is 0 Å². The maximum Gasteiger partial charge on any atom is 0.305 e. The van der Waals surface area contributed by atoms with E-state index < -0.39 is 5.97 Å². The maximum absolute atomic E-state index is 10.9. The molecule has 0 aliphatic rings. The molecule has 0 aromatic heterocycles. The molecule has 0 aliphatic carbocycles. The minimum atomic E-state index is -0.858. The average Bonchev–Trinajstić information content (AvgIpc) is 2.28. The lowest BCUT2D eigenvalue weighted by Gasteiger charge is -2.31. The largest absolute Gasteiger partial charge is 0.481 e. The third kappa shape index (κ3) is 4.56. The van der Waals surface area contributed by atoms with Gasteiger partial charge >= 0.3 is 5.97 Å². The fourth-order valence-corrected chi connectivity index (χ4v) is 2.03. The standard InChI is InChI=1S/C14H17BrN2O2/c1-14(2,3)12(7-13(18)19)17-11-5-4-10(15)6-9(11)8-16/h4-6,12,17H,7H2,1-3H3,(H,18,19). The minimum Gasteiger partial charge on any atom is -0.481 e. The maximum atomic E-state index is 10.9. The number of rotatable bonds is 4. The van der Waals surface area contributed by atoms with E-state index >= 15 is 0 Å². The van der Waals surface area contributed by atoms with Crippen LogP contribution in [0.5, 0.6) is 0 Å². The predicted octanol–water partition coefficient (Wildman–Crippen LogP) is 3.62. The van der Waals surface area contributed by atoms with E-state index in [4.69, 9.17) is 10.4 Å². The van der Waals surface area contributed by atoms with Crippen LogP contribution in [0.15, 0.2) is 22.7 Å². The summed E-state index contributed by atoms with van der Waals surface area (Å²) < 4.78 is 0.820. The first-order valence-corrected chi connectivity index (χ1v) is 6.71. The van der Waals surface area contributed by atoms with Crippen molar-refractivity contribution >= 4 is 27.6 Å². The number of hydrogen-bond donors (Lipinski definition) is 2. The second-order valence-electron chi connectivity index (χ2n) is 5.46. The molecule has 1 aromatic carbocycles. The van der Waals surface area contributed by atoms with Crippen molar-refractivity contribution in [2.75, 3.05) is 5.32 Å². The topological polar surface area (TPSA) is 73.1 Å². The van der Waals surface area contributed by atoms with Gasteiger partial charge in [0, 0.05) is 10.5 Å². The van der Waals surface area contributed by atoms with Crippen molar-refractivity contribution in [3.05, 3.63) is 28.2 Å². The van der Waals surface area contributed by atoms with Crippen LogP contribution >= 0.6 is 15.9 Å². The summed E-state index contributed by atoms with van der Waals surface area (Å²) in [5.41, 5.74) is 0.930. The Morgan fingerprint density at radius 2 is 2.16 bits per heavy atom. The van der Waals surface area contributed by atoms with Gasteiger partial charge in [-0.15, -0.1) is 0 Å². The van der Waals surface area contributed by atoms with E-state index in [1.54, 1.807) is 12.1 Å². The molecule has 0 saturated heterocycles. The molecule has 2 N–H and O–H groups in total. The van der Waals surface area contributed by atoms with Crippen molar-refractivity contribution < 1.29 is 9.90 Å². The molecule has 0 fully saturated rings. The van der Waals surface area contributed by atoms with Crippen molar-refractivity contribution in [1.82, 2.24) is 0 Å². The lowest BCUT2D eigenvalue weighted by atomic mass is 9.84. The zero-order chi connectivity index (χ0) is 14.6. The molecule has 1 aromatic rings. The summed E-state index contributed by atoms with van der Waals surface area (Å²) in [5, 5.41) is 21.3. The van der Waals surface area contributed by atoms with Crippen LogP contribution in [-0.2, 0) is 4.79 Å². The van der Waals surface area contributed by atoms with Gasteiger partial charge in [0.2, 0.25) is 0 Å². The van der Waals surface area contributed by atoms with Gasteiger partial charge in [0.15, 0.2) is 0 Å². The minimum absolute atomic E-state index is 0.00440. The molecule has 102 valence electrons. The molecule has 5 heteroatoms. The summed E-state index contributed by atoms with van der Waals surface area (Å²) in [5.74, 6) is -0.858. The average molecular weight is 325 g/mol. The number of hydrogen-bond acceptors (Lipinski definition) is 3. The van der Waals surface area contributed by atoms with Gasteiger partial charge in [0.05, 0.1) is 17.7 Å². The van der Waals surface area contributed by atoms with Gasteiger partial charge in [0.25, 0.3) is 0 Å². The quantitative estimate of drug-likeness (QED) is 0.887. The molecule has 0 aliphatic heterocycles. The molecule has 0 bridgehead atoms. The summed E-state index contributed by atoms with van der Waals surface area (Å²) in [6.07, 6.45) is 0.00440. The van der Waals surface area contributed by atoms with E-state index in [0.29, 0.717) is 11.3 Å². The van der Waals surface area contributed by atoms with E-state index in [1.807, 2.05) is 26.8 Å². The van der Waals surface area contributed by atoms with Crippen LogP contribution in [0.25, 0.3) is 0 Å². The highest BCUT2D eigenvalue weighted by Gasteiger charge is 2.27. The number of nitriles is 1. The van der Waals surface area contributed by atoms with Crippen LogP contribution in [0.3, 0.4) is 0 Å². The van der Waals surface area contributed by atoms with Crippen LogP contribution in [0.1, 0.15) is 32.8 Å². The fraction of sp³-hybridized carbons (Fsp3) is 0.429. The van der Waals surface area contributed by atoms with Gasteiger partial charge in [-0.3, -0.25) is 4.79 Å². The van der Waals surface area contributed by atoms with Gasteiger partial charge in [0.1, 0.15) is 6.07 Å². The molecule has 19 heavy (non-hydrogen) atoms. The van der Waals surface area contributed by atoms with Crippen molar-refractivity contribution in [2.24, 2.45) is 5.41 Å².